The van der Waals surface area contributed by atoms with E-state index in [2.05, 4.69) is 10.3 Å². The Kier molecular flexibility index (Phi) is 6.52. The number of aromatic nitrogens is 1. The number of benzene rings is 2. The van der Waals surface area contributed by atoms with Crippen LogP contribution in [-0.4, -0.2) is 48.9 Å². The summed E-state index contributed by atoms with van der Waals surface area (Å²) in [5.74, 6) is -0.503. The van der Waals surface area contributed by atoms with E-state index in [-0.39, 0.29) is 29.7 Å². The van der Waals surface area contributed by atoms with Gasteiger partial charge in [-0.25, -0.2) is 4.79 Å². The van der Waals surface area contributed by atoms with Crippen LogP contribution in [0.2, 0.25) is 0 Å². The Bertz CT molecular complexity index is 1380. The van der Waals surface area contributed by atoms with Crippen molar-refractivity contribution in [2.45, 2.75) is 31.7 Å². The highest BCUT2D eigenvalue weighted by atomic mass is 19.4. The molecule has 0 saturated carbocycles. The molecule has 11 heteroatoms. The second-order valence-electron chi connectivity index (χ2n) is 8.92. The molecule has 0 unspecified atom stereocenters. The number of halogens is 3. The SMILES string of the molecule is CNCC(=O)OC(C)(C)[C@@H]1CN(c2ccc3cc(-c4ccccc4C(F)(F)F)[nH]c(=O)c3c2)C(=O)O1. The lowest BCUT2D eigenvalue weighted by Gasteiger charge is -2.29. The van der Waals surface area contributed by atoms with Gasteiger partial charge in [0.25, 0.3) is 5.56 Å². The maximum Gasteiger partial charge on any atom is 0.417 e. The summed E-state index contributed by atoms with van der Waals surface area (Å²) in [4.78, 5) is 41.2. The Hall–Kier alpha value is -3.86. The number of anilines is 1. The largest absolute Gasteiger partial charge is 0.455 e. The Morgan fingerprint density at radius 3 is 2.58 bits per heavy atom. The van der Waals surface area contributed by atoms with Crippen LogP contribution in [0.25, 0.3) is 22.0 Å². The third-order valence-electron chi connectivity index (χ3n) is 5.95. The number of hydrogen-bond donors (Lipinski definition) is 2. The minimum absolute atomic E-state index is 0.00328. The quantitative estimate of drug-likeness (QED) is 0.492. The average Bonchev–Trinajstić information content (AvgIpc) is 3.21. The molecule has 8 nitrogen and oxygen atoms in total. The van der Waals surface area contributed by atoms with Crippen molar-refractivity contribution in [3.63, 3.8) is 0 Å². The van der Waals surface area contributed by atoms with Gasteiger partial charge in [0.15, 0.2) is 6.10 Å². The van der Waals surface area contributed by atoms with Gasteiger partial charge in [0, 0.05) is 22.3 Å². The third-order valence-corrected chi connectivity index (χ3v) is 5.95. The summed E-state index contributed by atoms with van der Waals surface area (Å²) in [6.07, 6.45) is -6.03. The van der Waals surface area contributed by atoms with Crippen LogP contribution < -0.4 is 15.8 Å². The molecule has 1 aliphatic heterocycles. The number of nitrogens with one attached hydrogen (secondary N) is 2. The second-order valence-corrected chi connectivity index (χ2v) is 8.92. The van der Waals surface area contributed by atoms with E-state index in [1.807, 2.05) is 0 Å². The van der Waals surface area contributed by atoms with Crippen molar-refractivity contribution in [1.82, 2.24) is 10.3 Å². The molecule has 1 amide bonds. The normalized spacial score (nSPS) is 16.3. The molecule has 0 spiro atoms. The number of amides is 1. The molecule has 4 rings (SSSR count). The molecular weight excluding hydrogens is 479 g/mol. The summed E-state index contributed by atoms with van der Waals surface area (Å²) in [7, 11) is 1.60. The molecule has 1 saturated heterocycles. The molecule has 0 aliphatic carbocycles. The fourth-order valence-electron chi connectivity index (χ4n) is 4.10. The number of carbonyl (C=O) groups excluding carboxylic acids is 2. The molecule has 1 fully saturated rings. The van der Waals surface area contributed by atoms with Gasteiger partial charge < -0.3 is 19.8 Å². The summed E-state index contributed by atoms with van der Waals surface area (Å²) >= 11 is 0. The summed E-state index contributed by atoms with van der Waals surface area (Å²) in [5, 5.41) is 3.28. The Morgan fingerprint density at radius 1 is 1.17 bits per heavy atom. The van der Waals surface area contributed by atoms with E-state index >= 15 is 0 Å². The lowest BCUT2D eigenvalue weighted by molar-refractivity contribution is -0.163. The van der Waals surface area contributed by atoms with Gasteiger partial charge in [-0.2, -0.15) is 13.2 Å². The molecule has 2 N–H and O–H groups in total. The summed E-state index contributed by atoms with van der Waals surface area (Å²) in [6.45, 7) is 3.33. The van der Waals surface area contributed by atoms with E-state index in [0.717, 1.165) is 6.07 Å². The lowest BCUT2D eigenvalue weighted by Crippen LogP contribution is -2.44. The number of likely N-dealkylation sites (N-methyl/N-ethyl adjacent to an activating group) is 1. The van der Waals surface area contributed by atoms with Gasteiger partial charge in [-0.05, 0) is 50.5 Å². The monoisotopic (exact) mass is 503 g/mol. The molecule has 1 aliphatic rings. The smallest absolute Gasteiger partial charge is 0.417 e. The van der Waals surface area contributed by atoms with Crippen LogP contribution in [0.3, 0.4) is 0 Å². The zero-order valence-corrected chi connectivity index (χ0v) is 19.7. The number of pyridine rings is 1. The van der Waals surface area contributed by atoms with Gasteiger partial charge in [-0.1, -0.05) is 24.3 Å². The molecule has 2 heterocycles. The highest BCUT2D eigenvalue weighted by Gasteiger charge is 2.44. The minimum Gasteiger partial charge on any atom is -0.455 e. The molecular formula is C25H24F3N3O5. The topological polar surface area (TPSA) is 101 Å². The zero-order chi connectivity index (χ0) is 26.3. The first kappa shape index (κ1) is 25.2. The number of ether oxygens (including phenoxy) is 2. The van der Waals surface area contributed by atoms with Crippen LogP contribution in [0.5, 0.6) is 0 Å². The number of fused-ring (bicyclic) bond motifs is 1. The highest BCUT2D eigenvalue weighted by molar-refractivity contribution is 5.95. The first-order chi connectivity index (χ1) is 16.9. The van der Waals surface area contributed by atoms with E-state index in [9.17, 15) is 27.6 Å². The number of esters is 1. The van der Waals surface area contributed by atoms with Crippen molar-refractivity contribution in [2.24, 2.45) is 0 Å². The van der Waals surface area contributed by atoms with E-state index in [0.29, 0.717) is 11.1 Å². The van der Waals surface area contributed by atoms with E-state index in [1.165, 1.54) is 35.2 Å². The number of rotatable bonds is 6. The number of carbonyl (C=O) groups is 2. The maximum absolute atomic E-state index is 13.5. The number of cyclic esters (lactones) is 1. The van der Waals surface area contributed by atoms with Crippen LogP contribution in [0, 0.1) is 0 Å². The average molecular weight is 503 g/mol. The predicted molar refractivity (Wildman–Crippen MR) is 127 cm³/mol. The van der Waals surface area contributed by atoms with Gasteiger partial charge in [-0.15, -0.1) is 0 Å². The van der Waals surface area contributed by atoms with Gasteiger partial charge >= 0.3 is 18.2 Å². The summed E-state index contributed by atoms with van der Waals surface area (Å²) in [6, 6.07) is 11.0. The molecule has 0 radical (unpaired) electrons. The number of aromatic amines is 1. The van der Waals surface area contributed by atoms with Crippen molar-refractivity contribution in [1.29, 1.82) is 0 Å². The van der Waals surface area contributed by atoms with Crippen LogP contribution in [0.1, 0.15) is 19.4 Å². The van der Waals surface area contributed by atoms with Crippen LogP contribution in [0.4, 0.5) is 23.7 Å². The van der Waals surface area contributed by atoms with Crippen LogP contribution in [0.15, 0.2) is 53.3 Å². The van der Waals surface area contributed by atoms with E-state index < -0.39 is 41.1 Å². The molecule has 36 heavy (non-hydrogen) atoms. The molecule has 3 aromatic rings. The number of H-pyrrole nitrogens is 1. The van der Waals surface area contributed by atoms with Crippen LogP contribution in [-0.2, 0) is 20.4 Å². The number of alkyl halides is 3. The molecule has 1 atom stereocenters. The lowest BCUT2D eigenvalue weighted by atomic mass is 10.0. The first-order valence-electron chi connectivity index (χ1n) is 11.1. The van der Waals surface area contributed by atoms with Gasteiger partial charge in [0.2, 0.25) is 0 Å². The molecule has 2 aromatic carbocycles. The second kappa shape index (κ2) is 9.30. The zero-order valence-electron chi connectivity index (χ0n) is 19.7. The van der Waals surface area contributed by atoms with E-state index in [1.54, 1.807) is 33.0 Å². The Morgan fingerprint density at radius 2 is 1.89 bits per heavy atom. The number of nitrogens with zero attached hydrogens (tertiary/aromatic N) is 1. The maximum atomic E-state index is 13.5. The fourth-order valence-corrected chi connectivity index (χ4v) is 4.10. The predicted octanol–water partition coefficient (Wildman–Crippen LogP) is 4.08. The van der Waals surface area contributed by atoms with Gasteiger partial charge in [0.1, 0.15) is 5.60 Å². The molecule has 0 bridgehead atoms. The van der Waals surface area contributed by atoms with Crippen molar-refractivity contribution in [2.75, 3.05) is 25.0 Å². The fraction of sp³-hybridized carbons (Fsp3) is 0.320. The van der Waals surface area contributed by atoms with Crippen molar-refractivity contribution in [3.8, 4) is 11.3 Å². The van der Waals surface area contributed by atoms with Gasteiger partial charge in [-0.3, -0.25) is 14.5 Å². The van der Waals surface area contributed by atoms with E-state index in [4.69, 9.17) is 9.47 Å². The number of hydrogen-bond acceptors (Lipinski definition) is 6. The van der Waals surface area contributed by atoms with Crippen molar-refractivity contribution >= 4 is 28.5 Å². The minimum atomic E-state index is -4.59. The first-order valence-corrected chi connectivity index (χ1v) is 11.1. The highest BCUT2D eigenvalue weighted by Crippen LogP contribution is 2.37. The van der Waals surface area contributed by atoms with Gasteiger partial charge in [0.05, 0.1) is 18.7 Å². The standard InChI is InChI=1S/C25H24F3N3O5/c1-24(2,36-21(32)12-29-3)20-13-31(23(34)35-20)15-9-8-14-10-19(30-22(33)17(14)11-15)16-6-4-5-7-18(16)25(26,27)28/h4-11,20,29H,12-13H2,1-3H3,(H,30,33)/t20-/m0/s1. The van der Waals surface area contributed by atoms with Crippen molar-refractivity contribution < 1.29 is 32.2 Å². The van der Waals surface area contributed by atoms with Crippen LogP contribution >= 0.6 is 0 Å². The summed E-state index contributed by atoms with van der Waals surface area (Å²) < 4.78 is 51.3. The Balaban J connectivity index is 1.64. The third kappa shape index (κ3) is 4.92. The molecule has 190 valence electrons. The Labute approximate surface area is 204 Å². The summed E-state index contributed by atoms with van der Waals surface area (Å²) in [5.41, 5.74) is -2.32. The molecule has 1 aromatic heterocycles. The van der Waals surface area contributed by atoms with Crippen molar-refractivity contribution in [3.05, 3.63) is 64.4 Å².